The molecule has 0 spiro atoms. The van der Waals surface area contributed by atoms with Gasteiger partial charge in [0.2, 0.25) is 0 Å². The van der Waals surface area contributed by atoms with Crippen molar-refractivity contribution in [1.82, 2.24) is 15.2 Å². The third kappa shape index (κ3) is 4.48. The molecule has 0 bridgehead atoms. The van der Waals surface area contributed by atoms with Gasteiger partial charge in [0, 0.05) is 42.7 Å². The molecule has 1 saturated heterocycles. The first kappa shape index (κ1) is 14.3. The van der Waals surface area contributed by atoms with Crippen molar-refractivity contribution in [3.8, 4) is 0 Å². The molecule has 1 aromatic heterocycles. The summed E-state index contributed by atoms with van der Waals surface area (Å²) in [5, 5.41) is 3.44. The molecule has 1 atom stereocenters. The van der Waals surface area contributed by atoms with Crippen LogP contribution in [0.2, 0.25) is 0 Å². The van der Waals surface area contributed by atoms with Crippen LogP contribution in [0.5, 0.6) is 0 Å². The number of nitrogens with one attached hydrogen (secondary N) is 2. The fraction of sp³-hybridized carbons (Fsp3) is 0.667. The molecule has 4 heteroatoms. The maximum atomic E-state index is 11.8. The highest BCUT2D eigenvalue weighted by Crippen LogP contribution is 2.08. The zero-order valence-electron chi connectivity index (χ0n) is 12.0. The van der Waals surface area contributed by atoms with Gasteiger partial charge in [0.05, 0.1) is 0 Å². The van der Waals surface area contributed by atoms with Crippen LogP contribution in [-0.4, -0.2) is 35.6 Å². The predicted octanol–water partition coefficient (Wildman–Crippen LogP) is 1.65. The van der Waals surface area contributed by atoms with Gasteiger partial charge in [-0.2, -0.15) is 0 Å². The number of hydrogen-bond acceptors (Lipinski definition) is 3. The van der Waals surface area contributed by atoms with Crippen molar-refractivity contribution in [3.05, 3.63) is 33.7 Å². The topological polar surface area (TPSA) is 48.1 Å². The fourth-order valence-corrected chi connectivity index (χ4v) is 2.62. The average Bonchev–Trinajstić information content (AvgIpc) is 2.39. The molecule has 1 unspecified atom stereocenters. The van der Waals surface area contributed by atoms with E-state index in [1.165, 1.54) is 32.4 Å². The summed E-state index contributed by atoms with van der Waals surface area (Å²) in [7, 11) is 0. The third-order valence-corrected chi connectivity index (χ3v) is 3.76. The molecule has 0 saturated carbocycles. The Morgan fingerprint density at radius 3 is 2.79 bits per heavy atom. The van der Waals surface area contributed by atoms with Crippen LogP contribution in [0, 0.1) is 6.92 Å². The summed E-state index contributed by atoms with van der Waals surface area (Å²) in [6, 6.07) is 2.07. The largest absolute Gasteiger partial charge is 0.365 e. The number of pyridine rings is 1. The first-order valence-corrected chi connectivity index (χ1v) is 7.29. The number of nitrogens with zero attached hydrogens (tertiary/aromatic N) is 1. The van der Waals surface area contributed by atoms with Gasteiger partial charge in [0.15, 0.2) is 5.43 Å². The van der Waals surface area contributed by atoms with E-state index < -0.39 is 0 Å². The van der Waals surface area contributed by atoms with E-state index in [1.54, 1.807) is 6.07 Å². The number of hydrogen-bond donors (Lipinski definition) is 2. The molecule has 1 aliphatic heterocycles. The van der Waals surface area contributed by atoms with Gasteiger partial charge in [-0.1, -0.05) is 6.42 Å². The highest BCUT2D eigenvalue weighted by molar-refractivity contribution is 5.13. The number of rotatable bonds is 5. The summed E-state index contributed by atoms with van der Waals surface area (Å²) < 4.78 is 0. The standard InChI is InChI=1S/C15H25N3O/c1-12-8-15(19)14(9-16-12)10-17-13(2)11-18-6-4-3-5-7-18/h8-9,13,17H,3-7,10-11H2,1-2H3,(H,16,19). The maximum Gasteiger partial charge on any atom is 0.186 e. The Morgan fingerprint density at radius 1 is 1.37 bits per heavy atom. The smallest absolute Gasteiger partial charge is 0.186 e. The van der Waals surface area contributed by atoms with E-state index >= 15 is 0 Å². The molecule has 2 N–H and O–H groups in total. The highest BCUT2D eigenvalue weighted by Gasteiger charge is 2.13. The summed E-state index contributed by atoms with van der Waals surface area (Å²) in [6.45, 7) is 8.25. The second-order valence-electron chi connectivity index (χ2n) is 5.65. The Kier molecular flexibility index (Phi) is 5.16. The molecule has 106 valence electrons. The predicted molar refractivity (Wildman–Crippen MR) is 78.4 cm³/mol. The van der Waals surface area contributed by atoms with Gasteiger partial charge in [0.1, 0.15) is 0 Å². The van der Waals surface area contributed by atoms with Gasteiger partial charge >= 0.3 is 0 Å². The van der Waals surface area contributed by atoms with Crippen molar-refractivity contribution in [2.24, 2.45) is 0 Å². The van der Waals surface area contributed by atoms with Gasteiger partial charge in [-0.3, -0.25) is 4.79 Å². The first-order valence-electron chi connectivity index (χ1n) is 7.29. The first-order chi connectivity index (χ1) is 9.15. The molecule has 1 fully saturated rings. The summed E-state index contributed by atoms with van der Waals surface area (Å²) in [6.07, 6.45) is 5.84. The van der Waals surface area contributed by atoms with Crippen LogP contribution in [0.15, 0.2) is 17.1 Å². The Hall–Kier alpha value is -1.13. The lowest BCUT2D eigenvalue weighted by molar-refractivity contribution is 0.209. The van der Waals surface area contributed by atoms with E-state index in [4.69, 9.17) is 0 Å². The van der Waals surface area contributed by atoms with Crippen LogP contribution < -0.4 is 10.7 Å². The summed E-state index contributed by atoms with van der Waals surface area (Å²) in [5.41, 5.74) is 1.85. The number of aromatic amines is 1. The number of piperidine rings is 1. The quantitative estimate of drug-likeness (QED) is 0.849. The van der Waals surface area contributed by atoms with Crippen molar-refractivity contribution >= 4 is 0 Å². The van der Waals surface area contributed by atoms with Gasteiger partial charge in [-0.05, 0) is 39.8 Å². The van der Waals surface area contributed by atoms with E-state index in [0.29, 0.717) is 12.6 Å². The molecule has 19 heavy (non-hydrogen) atoms. The normalized spacial score (nSPS) is 18.4. The third-order valence-electron chi connectivity index (χ3n) is 3.76. The second kappa shape index (κ2) is 6.87. The van der Waals surface area contributed by atoms with Crippen LogP contribution in [0.25, 0.3) is 0 Å². The molecule has 1 aromatic rings. The van der Waals surface area contributed by atoms with E-state index in [0.717, 1.165) is 17.8 Å². The molecule has 0 aliphatic carbocycles. The van der Waals surface area contributed by atoms with Gasteiger partial charge in [-0.25, -0.2) is 0 Å². The molecule has 0 aromatic carbocycles. The van der Waals surface area contributed by atoms with E-state index in [1.807, 2.05) is 13.1 Å². The zero-order chi connectivity index (χ0) is 13.7. The van der Waals surface area contributed by atoms with Crippen molar-refractivity contribution in [1.29, 1.82) is 0 Å². The molecule has 0 amide bonds. The lowest BCUT2D eigenvalue weighted by Crippen LogP contribution is -2.41. The van der Waals surface area contributed by atoms with Crippen LogP contribution in [0.3, 0.4) is 0 Å². The Balaban J connectivity index is 1.79. The molecule has 2 rings (SSSR count). The lowest BCUT2D eigenvalue weighted by atomic mass is 10.1. The lowest BCUT2D eigenvalue weighted by Gasteiger charge is -2.29. The highest BCUT2D eigenvalue weighted by atomic mass is 16.1. The average molecular weight is 263 g/mol. The number of H-pyrrole nitrogens is 1. The van der Waals surface area contributed by atoms with E-state index in [-0.39, 0.29) is 5.43 Å². The number of aryl methyl sites for hydroxylation is 1. The van der Waals surface area contributed by atoms with Crippen LogP contribution in [0.4, 0.5) is 0 Å². The summed E-state index contributed by atoms with van der Waals surface area (Å²) >= 11 is 0. The minimum Gasteiger partial charge on any atom is -0.365 e. The molecule has 0 radical (unpaired) electrons. The minimum absolute atomic E-state index is 0.119. The second-order valence-corrected chi connectivity index (χ2v) is 5.65. The van der Waals surface area contributed by atoms with Gasteiger partial charge < -0.3 is 15.2 Å². The van der Waals surface area contributed by atoms with Crippen molar-refractivity contribution in [3.63, 3.8) is 0 Å². The Bertz CT molecular complexity index is 449. The number of aromatic nitrogens is 1. The molecule has 1 aliphatic rings. The fourth-order valence-electron chi connectivity index (χ4n) is 2.62. The van der Waals surface area contributed by atoms with Gasteiger partial charge in [-0.15, -0.1) is 0 Å². The van der Waals surface area contributed by atoms with Crippen molar-refractivity contribution in [2.45, 2.75) is 45.7 Å². The molecule has 2 heterocycles. The monoisotopic (exact) mass is 263 g/mol. The van der Waals surface area contributed by atoms with E-state index in [9.17, 15) is 4.79 Å². The summed E-state index contributed by atoms with van der Waals surface area (Å²) in [4.78, 5) is 17.4. The molecular weight excluding hydrogens is 238 g/mol. The van der Waals surface area contributed by atoms with Gasteiger partial charge in [0.25, 0.3) is 0 Å². The Morgan fingerprint density at radius 2 is 2.11 bits per heavy atom. The van der Waals surface area contributed by atoms with Crippen LogP contribution >= 0.6 is 0 Å². The van der Waals surface area contributed by atoms with E-state index in [2.05, 4.69) is 22.1 Å². The zero-order valence-corrected chi connectivity index (χ0v) is 12.0. The molecule has 4 nitrogen and oxygen atoms in total. The maximum absolute atomic E-state index is 11.8. The van der Waals surface area contributed by atoms with Crippen LogP contribution in [-0.2, 0) is 6.54 Å². The molecular formula is C15H25N3O. The summed E-state index contributed by atoms with van der Waals surface area (Å²) in [5.74, 6) is 0. The minimum atomic E-state index is 0.119. The number of likely N-dealkylation sites (tertiary alicyclic amines) is 1. The Labute approximate surface area is 115 Å². The SMILES string of the molecule is Cc1cc(=O)c(CNC(C)CN2CCCCC2)c[nH]1. The van der Waals surface area contributed by atoms with Crippen molar-refractivity contribution < 1.29 is 0 Å². The van der Waals surface area contributed by atoms with Crippen molar-refractivity contribution in [2.75, 3.05) is 19.6 Å². The van der Waals surface area contributed by atoms with Crippen LogP contribution in [0.1, 0.15) is 37.4 Å².